The van der Waals surface area contributed by atoms with Crippen molar-refractivity contribution in [1.29, 1.82) is 5.26 Å². The first-order valence-corrected chi connectivity index (χ1v) is 7.79. The Kier molecular flexibility index (Phi) is 4.28. The zero-order chi connectivity index (χ0) is 14.8. The quantitative estimate of drug-likeness (QED) is 0.806. The Hall–Kier alpha value is -1.62. The fourth-order valence-electron chi connectivity index (χ4n) is 2.41. The van der Waals surface area contributed by atoms with Gasteiger partial charge in [-0.15, -0.1) is 0 Å². The van der Waals surface area contributed by atoms with E-state index in [1.165, 1.54) is 18.2 Å². The molecule has 1 aromatic carbocycles. The smallest absolute Gasteiger partial charge is 0.242 e. The lowest BCUT2D eigenvalue weighted by molar-refractivity contribution is 0.107. The molecular formula is C13H17N3O3S. The van der Waals surface area contributed by atoms with Crippen molar-refractivity contribution in [3.05, 3.63) is 23.8 Å². The number of anilines is 1. The van der Waals surface area contributed by atoms with E-state index >= 15 is 0 Å². The highest BCUT2D eigenvalue weighted by Gasteiger charge is 2.29. The first kappa shape index (κ1) is 14.8. The molecule has 20 heavy (non-hydrogen) atoms. The molecule has 0 aliphatic heterocycles. The summed E-state index contributed by atoms with van der Waals surface area (Å²) in [7, 11) is -2.05. The third-order valence-electron chi connectivity index (χ3n) is 3.47. The molecule has 1 saturated carbocycles. The minimum Gasteiger partial charge on any atom is -0.398 e. The number of benzene rings is 1. The summed E-state index contributed by atoms with van der Waals surface area (Å²) in [5.41, 5.74) is 6.13. The van der Waals surface area contributed by atoms with Crippen molar-refractivity contribution < 1.29 is 13.2 Å². The fraction of sp³-hybridized carbons (Fsp3) is 0.462. The molecule has 1 aromatic rings. The van der Waals surface area contributed by atoms with Gasteiger partial charge < -0.3 is 10.5 Å². The number of nitrogens with zero attached hydrogens (tertiary/aromatic N) is 1. The Balaban J connectivity index is 2.17. The Morgan fingerprint density at radius 2 is 2.20 bits per heavy atom. The van der Waals surface area contributed by atoms with E-state index in [4.69, 9.17) is 15.7 Å². The molecule has 0 bridgehead atoms. The van der Waals surface area contributed by atoms with Crippen LogP contribution in [0.4, 0.5) is 5.69 Å². The molecular weight excluding hydrogens is 278 g/mol. The van der Waals surface area contributed by atoms with Crippen molar-refractivity contribution >= 4 is 15.7 Å². The standard InChI is InChI=1S/C13H17N3O3S/c1-19-11-4-3-10(7-11)16-20(17,18)13-5-2-9(8-14)6-12(13)15/h2,5-6,10-11,16H,3-4,7,15H2,1H3. The summed E-state index contributed by atoms with van der Waals surface area (Å²) < 4.78 is 32.4. The van der Waals surface area contributed by atoms with Crippen molar-refractivity contribution in [2.45, 2.75) is 36.3 Å². The number of hydrogen-bond donors (Lipinski definition) is 2. The molecule has 1 aliphatic carbocycles. The van der Waals surface area contributed by atoms with Crippen LogP contribution in [0.3, 0.4) is 0 Å². The molecule has 3 N–H and O–H groups in total. The van der Waals surface area contributed by atoms with Crippen LogP contribution in [0.25, 0.3) is 0 Å². The van der Waals surface area contributed by atoms with Gasteiger partial charge in [0.1, 0.15) is 4.90 Å². The topological polar surface area (TPSA) is 105 Å². The first-order valence-electron chi connectivity index (χ1n) is 6.31. The monoisotopic (exact) mass is 295 g/mol. The summed E-state index contributed by atoms with van der Waals surface area (Å²) in [6.07, 6.45) is 2.34. The summed E-state index contributed by atoms with van der Waals surface area (Å²) in [4.78, 5) is 0.0115. The molecule has 0 aromatic heterocycles. The number of hydrogen-bond acceptors (Lipinski definition) is 5. The van der Waals surface area contributed by atoms with Crippen molar-refractivity contribution in [3.63, 3.8) is 0 Å². The molecule has 0 heterocycles. The van der Waals surface area contributed by atoms with Crippen LogP contribution in [0.15, 0.2) is 23.1 Å². The summed E-state index contributed by atoms with van der Waals surface area (Å²) in [5.74, 6) is 0. The average Bonchev–Trinajstić information content (AvgIpc) is 2.85. The van der Waals surface area contributed by atoms with E-state index < -0.39 is 10.0 Å². The van der Waals surface area contributed by atoms with Crippen molar-refractivity contribution in [1.82, 2.24) is 4.72 Å². The lowest BCUT2D eigenvalue weighted by Gasteiger charge is -2.14. The SMILES string of the molecule is COC1CCC(NS(=O)(=O)c2ccc(C#N)cc2N)C1. The van der Waals surface area contributed by atoms with Gasteiger partial charge in [-0.1, -0.05) is 0 Å². The molecule has 2 rings (SSSR count). The molecule has 0 saturated heterocycles. The van der Waals surface area contributed by atoms with E-state index in [1.54, 1.807) is 7.11 Å². The Labute approximate surface area is 118 Å². The van der Waals surface area contributed by atoms with E-state index in [0.717, 1.165) is 12.8 Å². The van der Waals surface area contributed by atoms with Gasteiger partial charge in [-0.05, 0) is 37.5 Å². The second kappa shape index (κ2) is 5.79. The lowest BCUT2D eigenvalue weighted by Crippen LogP contribution is -2.33. The molecule has 2 unspecified atom stereocenters. The van der Waals surface area contributed by atoms with Gasteiger partial charge in [-0.2, -0.15) is 5.26 Å². The highest BCUT2D eigenvalue weighted by atomic mass is 32.2. The molecule has 0 spiro atoms. The Morgan fingerprint density at radius 3 is 2.75 bits per heavy atom. The maximum absolute atomic E-state index is 12.3. The summed E-state index contributed by atoms with van der Waals surface area (Å²) >= 11 is 0. The lowest BCUT2D eigenvalue weighted by atomic mass is 10.2. The van der Waals surface area contributed by atoms with E-state index in [0.29, 0.717) is 12.0 Å². The molecule has 1 fully saturated rings. The second-order valence-electron chi connectivity index (χ2n) is 4.85. The highest BCUT2D eigenvalue weighted by molar-refractivity contribution is 7.89. The Bertz CT molecular complexity index is 637. The fourth-order valence-corrected chi connectivity index (χ4v) is 3.80. The van der Waals surface area contributed by atoms with Crippen molar-refractivity contribution in [2.75, 3.05) is 12.8 Å². The van der Waals surface area contributed by atoms with Crippen molar-refractivity contribution in [2.24, 2.45) is 0 Å². The molecule has 6 nitrogen and oxygen atoms in total. The van der Waals surface area contributed by atoms with Gasteiger partial charge in [0.05, 0.1) is 23.4 Å². The van der Waals surface area contributed by atoms with Gasteiger partial charge in [0.25, 0.3) is 0 Å². The predicted octanol–water partition coefficient (Wildman–Crippen LogP) is 0.986. The molecule has 108 valence electrons. The molecule has 0 radical (unpaired) electrons. The summed E-state index contributed by atoms with van der Waals surface area (Å²) in [5, 5.41) is 8.76. The van der Waals surface area contributed by atoms with Crippen LogP contribution in [0.2, 0.25) is 0 Å². The number of ether oxygens (including phenoxy) is 1. The minimum atomic E-state index is -3.67. The van der Waals surface area contributed by atoms with Crippen molar-refractivity contribution in [3.8, 4) is 6.07 Å². The molecule has 1 aliphatic rings. The van der Waals surface area contributed by atoms with Gasteiger partial charge in [0, 0.05) is 13.2 Å². The van der Waals surface area contributed by atoms with E-state index in [1.807, 2.05) is 6.07 Å². The zero-order valence-corrected chi connectivity index (χ0v) is 12.0. The second-order valence-corrected chi connectivity index (χ2v) is 6.54. The Morgan fingerprint density at radius 1 is 1.45 bits per heavy atom. The van der Waals surface area contributed by atoms with Gasteiger partial charge in [0.2, 0.25) is 10.0 Å². The van der Waals surface area contributed by atoms with Crippen LogP contribution in [-0.2, 0) is 14.8 Å². The van der Waals surface area contributed by atoms with Crippen LogP contribution in [-0.4, -0.2) is 27.7 Å². The highest BCUT2D eigenvalue weighted by Crippen LogP contribution is 2.25. The number of nitrogens with one attached hydrogen (secondary N) is 1. The van der Waals surface area contributed by atoms with Gasteiger partial charge in [-0.3, -0.25) is 0 Å². The third-order valence-corrected chi connectivity index (χ3v) is 5.06. The van der Waals surface area contributed by atoms with Gasteiger partial charge in [-0.25, -0.2) is 13.1 Å². The first-order chi connectivity index (χ1) is 9.46. The number of nitrogen functional groups attached to an aromatic ring is 1. The van der Waals surface area contributed by atoms with E-state index in [2.05, 4.69) is 4.72 Å². The van der Waals surface area contributed by atoms with E-state index in [-0.39, 0.29) is 22.7 Å². The largest absolute Gasteiger partial charge is 0.398 e. The van der Waals surface area contributed by atoms with Gasteiger partial charge >= 0.3 is 0 Å². The zero-order valence-electron chi connectivity index (χ0n) is 11.2. The van der Waals surface area contributed by atoms with Crippen LogP contribution in [0.1, 0.15) is 24.8 Å². The number of methoxy groups -OCH3 is 1. The maximum atomic E-state index is 12.3. The molecule has 0 amide bonds. The summed E-state index contributed by atoms with van der Waals surface area (Å²) in [6, 6.07) is 5.95. The third kappa shape index (κ3) is 3.10. The van der Waals surface area contributed by atoms with E-state index in [9.17, 15) is 8.42 Å². The molecule has 7 heteroatoms. The average molecular weight is 295 g/mol. The minimum absolute atomic E-state index is 0.0115. The molecule has 2 atom stereocenters. The number of rotatable bonds is 4. The number of sulfonamides is 1. The number of nitriles is 1. The van der Waals surface area contributed by atoms with Crippen LogP contribution >= 0.6 is 0 Å². The number of nitrogens with two attached hydrogens (primary N) is 1. The van der Waals surface area contributed by atoms with Crippen LogP contribution in [0.5, 0.6) is 0 Å². The normalized spacial score (nSPS) is 22.6. The van der Waals surface area contributed by atoms with Gasteiger partial charge in [0.15, 0.2) is 0 Å². The van der Waals surface area contributed by atoms with Crippen LogP contribution < -0.4 is 10.5 Å². The predicted molar refractivity (Wildman–Crippen MR) is 74.3 cm³/mol. The maximum Gasteiger partial charge on any atom is 0.242 e. The van der Waals surface area contributed by atoms with Crippen LogP contribution in [0, 0.1) is 11.3 Å². The summed E-state index contributed by atoms with van der Waals surface area (Å²) in [6.45, 7) is 0.